The standard InChI is InChI=1S/C21H22N2O7/c1-3-29-19-9-6-16(14(2)24)12-17(19)13-30-20(25)10-11-22-21(26)15-4-7-18(8-5-15)23(27)28/h4-9,12H,3,10-11,13H2,1-2H3,(H,22,26). The lowest BCUT2D eigenvalue weighted by atomic mass is 10.1. The van der Waals surface area contributed by atoms with Gasteiger partial charge in [0.2, 0.25) is 0 Å². The second kappa shape index (κ2) is 10.7. The minimum atomic E-state index is -0.555. The van der Waals surface area contributed by atoms with Gasteiger partial charge >= 0.3 is 5.97 Å². The molecule has 0 heterocycles. The number of carbonyl (C=O) groups is 3. The fourth-order valence-electron chi connectivity index (χ4n) is 2.55. The second-order valence-electron chi connectivity index (χ2n) is 6.28. The Hall–Kier alpha value is -3.75. The van der Waals surface area contributed by atoms with Gasteiger partial charge in [-0.15, -0.1) is 0 Å². The molecule has 0 atom stereocenters. The maximum atomic E-state index is 12.0. The number of ether oxygens (including phenoxy) is 2. The number of hydrogen-bond donors (Lipinski definition) is 1. The molecule has 2 aromatic carbocycles. The number of ketones is 1. The fourth-order valence-corrected chi connectivity index (χ4v) is 2.55. The molecule has 0 aromatic heterocycles. The third kappa shape index (κ3) is 6.40. The molecule has 0 aliphatic rings. The van der Waals surface area contributed by atoms with Crippen molar-refractivity contribution >= 4 is 23.3 Å². The van der Waals surface area contributed by atoms with Crippen LogP contribution in [0.25, 0.3) is 0 Å². The van der Waals surface area contributed by atoms with E-state index in [1.165, 1.54) is 31.2 Å². The molecule has 0 aliphatic carbocycles. The Kier molecular flexibility index (Phi) is 8.04. The molecule has 9 heteroatoms. The van der Waals surface area contributed by atoms with Crippen LogP contribution >= 0.6 is 0 Å². The topological polar surface area (TPSA) is 125 Å². The fraction of sp³-hybridized carbons (Fsp3) is 0.286. The number of amides is 1. The van der Waals surface area contributed by atoms with Crippen LogP contribution in [0.3, 0.4) is 0 Å². The number of nitro benzene ring substituents is 1. The highest BCUT2D eigenvalue weighted by molar-refractivity contribution is 5.95. The van der Waals surface area contributed by atoms with E-state index in [1.54, 1.807) is 18.2 Å². The summed E-state index contributed by atoms with van der Waals surface area (Å²) in [7, 11) is 0. The lowest BCUT2D eigenvalue weighted by molar-refractivity contribution is -0.384. The molecule has 0 aliphatic heterocycles. The summed E-state index contributed by atoms with van der Waals surface area (Å²) in [6.45, 7) is 3.67. The predicted molar refractivity (Wildman–Crippen MR) is 107 cm³/mol. The molecule has 9 nitrogen and oxygen atoms in total. The van der Waals surface area contributed by atoms with Gasteiger partial charge in [0.25, 0.3) is 11.6 Å². The molecule has 0 saturated heterocycles. The van der Waals surface area contributed by atoms with Crippen molar-refractivity contribution in [1.82, 2.24) is 5.32 Å². The largest absolute Gasteiger partial charge is 0.493 e. The Morgan fingerprint density at radius 3 is 2.33 bits per heavy atom. The number of nitrogens with zero attached hydrogens (tertiary/aromatic N) is 1. The number of nitro groups is 1. The molecule has 0 radical (unpaired) electrons. The van der Waals surface area contributed by atoms with E-state index in [0.29, 0.717) is 23.5 Å². The molecule has 30 heavy (non-hydrogen) atoms. The number of rotatable bonds is 10. The monoisotopic (exact) mass is 414 g/mol. The Morgan fingerprint density at radius 2 is 1.73 bits per heavy atom. The summed E-state index contributed by atoms with van der Waals surface area (Å²) in [5, 5.41) is 13.2. The zero-order chi connectivity index (χ0) is 22.1. The SMILES string of the molecule is CCOc1ccc(C(C)=O)cc1COC(=O)CCNC(=O)c1ccc([N+](=O)[O-])cc1. The summed E-state index contributed by atoms with van der Waals surface area (Å²) in [5.74, 6) is -0.568. The molecule has 2 aromatic rings. The van der Waals surface area contributed by atoms with Crippen molar-refractivity contribution in [3.8, 4) is 5.75 Å². The quantitative estimate of drug-likeness (QED) is 0.274. The second-order valence-corrected chi connectivity index (χ2v) is 6.28. The van der Waals surface area contributed by atoms with Gasteiger partial charge in [0.15, 0.2) is 5.78 Å². The first-order valence-electron chi connectivity index (χ1n) is 9.26. The van der Waals surface area contributed by atoms with E-state index in [0.717, 1.165) is 0 Å². The molecular weight excluding hydrogens is 392 g/mol. The van der Waals surface area contributed by atoms with Gasteiger partial charge in [0.1, 0.15) is 12.4 Å². The van der Waals surface area contributed by atoms with Crippen LogP contribution in [-0.2, 0) is 16.1 Å². The Morgan fingerprint density at radius 1 is 1.07 bits per heavy atom. The van der Waals surface area contributed by atoms with Crippen LogP contribution in [0, 0.1) is 10.1 Å². The average molecular weight is 414 g/mol. The van der Waals surface area contributed by atoms with Crippen molar-refractivity contribution in [2.45, 2.75) is 26.9 Å². The number of nitrogens with one attached hydrogen (secondary N) is 1. The van der Waals surface area contributed by atoms with E-state index >= 15 is 0 Å². The van der Waals surface area contributed by atoms with Crippen molar-refractivity contribution < 1.29 is 28.8 Å². The minimum Gasteiger partial charge on any atom is -0.493 e. The third-order valence-corrected chi connectivity index (χ3v) is 4.11. The summed E-state index contributed by atoms with van der Waals surface area (Å²) in [5.41, 5.74) is 1.19. The molecule has 0 saturated carbocycles. The van der Waals surface area contributed by atoms with Crippen LogP contribution < -0.4 is 10.1 Å². The maximum absolute atomic E-state index is 12.0. The van der Waals surface area contributed by atoms with Gasteiger partial charge in [-0.1, -0.05) is 0 Å². The predicted octanol–water partition coefficient (Wildman–Crippen LogP) is 3.06. The van der Waals surface area contributed by atoms with E-state index < -0.39 is 16.8 Å². The highest BCUT2D eigenvalue weighted by atomic mass is 16.6. The molecule has 0 unspecified atom stereocenters. The van der Waals surface area contributed by atoms with Gasteiger partial charge < -0.3 is 14.8 Å². The number of non-ortho nitro benzene ring substituents is 1. The molecule has 1 N–H and O–H groups in total. The molecule has 158 valence electrons. The first kappa shape index (κ1) is 22.5. The van der Waals surface area contributed by atoms with E-state index in [9.17, 15) is 24.5 Å². The molecule has 0 fully saturated rings. The average Bonchev–Trinajstić information content (AvgIpc) is 2.73. The Balaban J connectivity index is 1.85. The van der Waals surface area contributed by atoms with Gasteiger partial charge in [-0.05, 0) is 44.2 Å². The number of hydrogen-bond acceptors (Lipinski definition) is 7. The van der Waals surface area contributed by atoms with Crippen LogP contribution in [0.5, 0.6) is 5.75 Å². The lowest BCUT2D eigenvalue weighted by Gasteiger charge is -2.12. The van der Waals surface area contributed by atoms with Gasteiger partial charge in [-0.3, -0.25) is 24.5 Å². The molecule has 0 bridgehead atoms. The van der Waals surface area contributed by atoms with Crippen molar-refractivity contribution in [1.29, 1.82) is 0 Å². The Bertz CT molecular complexity index is 939. The summed E-state index contributed by atoms with van der Waals surface area (Å²) >= 11 is 0. The summed E-state index contributed by atoms with van der Waals surface area (Å²) < 4.78 is 10.7. The number of esters is 1. The van der Waals surface area contributed by atoms with Crippen molar-refractivity contribution in [3.63, 3.8) is 0 Å². The number of benzene rings is 2. The zero-order valence-electron chi connectivity index (χ0n) is 16.7. The van der Waals surface area contributed by atoms with Crippen LogP contribution in [0.1, 0.15) is 46.5 Å². The first-order valence-corrected chi connectivity index (χ1v) is 9.26. The zero-order valence-corrected chi connectivity index (χ0v) is 16.7. The van der Waals surface area contributed by atoms with Gasteiger partial charge in [0, 0.05) is 35.4 Å². The van der Waals surface area contributed by atoms with E-state index in [2.05, 4.69) is 5.32 Å². The smallest absolute Gasteiger partial charge is 0.307 e. The normalized spacial score (nSPS) is 10.2. The van der Waals surface area contributed by atoms with Crippen LogP contribution in [0.4, 0.5) is 5.69 Å². The molecule has 1 amide bonds. The molecular formula is C21H22N2O7. The number of Topliss-reactive ketones (excluding diaryl/α,β-unsaturated/α-hetero) is 1. The van der Waals surface area contributed by atoms with Gasteiger partial charge in [0.05, 0.1) is 18.0 Å². The van der Waals surface area contributed by atoms with Crippen molar-refractivity contribution in [3.05, 3.63) is 69.3 Å². The lowest BCUT2D eigenvalue weighted by Crippen LogP contribution is -2.26. The van der Waals surface area contributed by atoms with E-state index in [1.807, 2.05) is 6.92 Å². The first-order chi connectivity index (χ1) is 14.3. The minimum absolute atomic E-state index is 0.0421. The van der Waals surface area contributed by atoms with E-state index in [4.69, 9.17) is 9.47 Å². The summed E-state index contributed by atoms with van der Waals surface area (Å²) in [4.78, 5) is 45.6. The maximum Gasteiger partial charge on any atom is 0.307 e. The Labute approximate surface area is 173 Å². The van der Waals surface area contributed by atoms with Crippen LogP contribution in [0.15, 0.2) is 42.5 Å². The third-order valence-electron chi connectivity index (χ3n) is 4.11. The number of carbonyl (C=O) groups excluding carboxylic acids is 3. The van der Waals surface area contributed by atoms with Crippen molar-refractivity contribution in [2.24, 2.45) is 0 Å². The molecule has 0 spiro atoms. The van der Waals surface area contributed by atoms with Crippen molar-refractivity contribution in [2.75, 3.05) is 13.2 Å². The summed E-state index contributed by atoms with van der Waals surface area (Å²) in [6.07, 6.45) is -0.0604. The summed E-state index contributed by atoms with van der Waals surface area (Å²) in [6, 6.07) is 10.1. The van der Waals surface area contributed by atoms with Gasteiger partial charge in [-0.25, -0.2) is 0 Å². The van der Waals surface area contributed by atoms with Crippen LogP contribution in [0.2, 0.25) is 0 Å². The molecule has 2 rings (SSSR count). The highest BCUT2D eigenvalue weighted by Gasteiger charge is 2.12. The van der Waals surface area contributed by atoms with Crippen LogP contribution in [-0.4, -0.2) is 35.7 Å². The van der Waals surface area contributed by atoms with Gasteiger partial charge in [-0.2, -0.15) is 0 Å². The highest BCUT2D eigenvalue weighted by Crippen LogP contribution is 2.22. The van der Waals surface area contributed by atoms with E-state index in [-0.39, 0.29) is 36.6 Å².